The van der Waals surface area contributed by atoms with Crippen LogP contribution in [-0.4, -0.2) is 28.0 Å². The van der Waals surface area contributed by atoms with Crippen LogP contribution in [0.2, 0.25) is 0 Å². The molecule has 1 aliphatic carbocycles. The second-order valence-corrected chi connectivity index (χ2v) is 9.26. The number of fused-ring (bicyclic) bond motifs is 2. The number of methoxy groups -OCH3 is 1. The number of aromatic amines is 1. The van der Waals surface area contributed by atoms with Gasteiger partial charge in [0.25, 0.3) is 0 Å². The number of imidazole rings is 1. The maximum atomic E-state index is 13.9. The van der Waals surface area contributed by atoms with Gasteiger partial charge >= 0.3 is 5.97 Å². The molecule has 170 valence electrons. The number of carbonyl (C=O) groups is 1. The molecule has 2 aromatic carbocycles. The lowest BCUT2D eigenvalue weighted by Gasteiger charge is -2.32. The van der Waals surface area contributed by atoms with Crippen LogP contribution in [0, 0.1) is 18.7 Å². The summed E-state index contributed by atoms with van der Waals surface area (Å²) in [6, 6.07) is 10.6. The highest BCUT2D eigenvalue weighted by Crippen LogP contribution is 2.43. The zero-order valence-electron chi connectivity index (χ0n) is 19.2. The van der Waals surface area contributed by atoms with Crippen molar-refractivity contribution < 1.29 is 13.9 Å². The van der Waals surface area contributed by atoms with Crippen LogP contribution < -0.4 is 0 Å². The molecule has 0 bridgehead atoms. The predicted molar refractivity (Wildman–Crippen MR) is 127 cm³/mol. The lowest BCUT2D eigenvalue weighted by Crippen LogP contribution is -2.19. The Morgan fingerprint density at radius 2 is 1.94 bits per heavy atom. The maximum absolute atomic E-state index is 13.9. The van der Waals surface area contributed by atoms with Crippen molar-refractivity contribution in [2.45, 2.75) is 51.4 Å². The zero-order chi connectivity index (χ0) is 23.1. The summed E-state index contributed by atoms with van der Waals surface area (Å²) in [4.78, 5) is 24.7. The number of pyridine rings is 1. The molecule has 5 rings (SSSR count). The van der Waals surface area contributed by atoms with Gasteiger partial charge in [0.1, 0.15) is 11.6 Å². The molecule has 1 aliphatic rings. The topological polar surface area (TPSA) is 67.9 Å². The van der Waals surface area contributed by atoms with Crippen LogP contribution in [0.4, 0.5) is 4.39 Å². The van der Waals surface area contributed by atoms with Crippen LogP contribution in [0.3, 0.4) is 0 Å². The van der Waals surface area contributed by atoms with E-state index in [1.165, 1.54) is 18.7 Å². The molecule has 1 fully saturated rings. The van der Waals surface area contributed by atoms with Gasteiger partial charge in [-0.2, -0.15) is 0 Å². The molecule has 0 radical (unpaired) electrons. The molecule has 2 aromatic heterocycles. The molecule has 0 saturated heterocycles. The minimum absolute atomic E-state index is 0.213. The van der Waals surface area contributed by atoms with Crippen LogP contribution in [0.15, 0.2) is 42.6 Å². The highest BCUT2D eigenvalue weighted by Gasteiger charge is 2.29. The third-order valence-electron chi connectivity index (χ3n) is 7.30. The van der Waals surface area contributed by atoms with Crippen LogP contribution >= 0.6 is 0 Å². The number of nitrogens with one attached hydrogen (secondary N) is 1. The fourth-order valence-electron chi connectivity index (χ4n) is 5.41. The van der Waals surface area contributed by atoms with Crippen LogP contribution in [0.25, 0.3) is 21.9 Å². The smallest absolute Gasteiger partial charge is 0.337 e. The Balaban J connectivity index is 1.34. The summed E-state index contributed by atoms with van der Waals surface area (Å²) in [6.07, 6.45) is 6.15. The number of esters is 1. The van der Waals surface area contributed by atoms with Crippen molar-refractivity contribution in [1.29, 1.82) is 0 Å². The number of halogens is 1. The van der Waals surface area contributed by atoms with Crippen molar-refractivity contribution in [3.63, 3.8) is 0 Å². The monoisotopic (exact) mass is 445 g/mol. The number of hydrogen-bond acceptors (Lipinski definition) is 4. The second-order valence-electron chi connectivity index (χ2n) is 9.26. The third-order valence-corrected chi connectivity index (χ3v) is 7.30. The highest BCUT2D eigenvalue weighted by molar-refractivity contribution is 5.94. The van der Waals surface area contributed by atoms with E-state index < -0.39 is 0 Å². The standard InChI is InChI=1S/C27H28FN3O2/c1-15-12-19(27(32)33-3)13-24-25(15)31-26(30-24)16(2)17-4-6-18(7-5-17)21-10-11-29-23-9-8-20(28)14-22(21)23/h8-14,16-18H,4-7H2,1-3H3,(H,30,31). The fourth-order valence-corrected chi connectivity index (χ4v) is 5.41. The Labute approximate surface area is 192 Å². The van der Waals surface area contributed by atoms with Gasteiger partial charge in [-0.15, -0.1) is 0 Å². The molecule has 4 aromatic rings. The molecule has 0 spiro atoms. The van der Waals surface area contributed by atoms with E-state index in [2.05, 4.69) is 23.0 Å². The summed E-state index contributed by atoms with van der Waals surface area (Å²) in [5.41, 5.74) is 5.34. The van der Waals surface area contributed by atoms with Crippen LogP contribution in [0.5, 0.6) is 0 Å². The first-order valence-corrected chi connectivity index (χ1v) is 11.6. The number of aromatic nitrogens is 3. The maximum Gasteiger partial charge on any atom is 0.337 e. The number of ether oxygens (including phenoxy) is 1. The normalized spacial score (nSPS) is 19.6. The number of H-pyrrole nitrogens is 1. The van der Waals surface area contributed by atoms with Crippen molar-refractivity contribution in [2.75, 3.05) is 7.11 Å². The van der Waals surface area contributed by atoms with Gasteiger partial charge in [0, 0.05) is 17.5 Å². The molecule has 2 heterocycles. The van der Waals surface area contributed by atoms with E-state index >= 15 is 0 Å². The summed E-state index contributed by atoms with van der Waals surface area (Å²) >= 11 is 0. The van der Waals surface area contributed by atoms with Gasteiger partial charge in [-0.3, -0.25) is 4.98 Å². The van der Waals surface area contributed by atoms with Gasteiger partial charge in [0.15, 0.2) is 0 Å². The minimum Gasteiger partial charge on any atom is -0.465 e. The van der Waals surface area contributed by atoms with Crippen molar-refractivity contribution in [2.24, 2.45) is 5.92 Å². The van der Waals surface area contributed by atoms with Gasteiger partial charge in [0.05, 0.1) is 29.2 Å². The first-order chi connectivity index (χ1) is 15.9. The molecule has 1 N–H and O–H groups in total. The third kappa shape index (κ3) is 3.99. The Bertz CT molecular complexity index is 1340. The van der Waals surface area contributed by atoms with Crippen LogP contribution in [0.1, 0.15) is 71.8 Å². The SMILES string of the molecule is COC(=O)c1cc(C)c2nc(C(C)C3CCC(c4ccnc5ccc(F)cc45)CC3)[nH]c2c1. The summed E-state index contributed by atoms with van der Waals surface area (Å²) in [6.45, 7) is 4.20. The van der Waals surface area contributed by atoms with E-state index in [-0.39, 0.29) is 17.7 Å². The Morgan fingerprint density at radius 3 is 2.70 bits per heavy atom. The summed E-state index contributed by atoms with van der Waals surface area (Å²) in [5, 5.41) is 0.933. The first-order valence-electron chi connectivity index (χ1n) is 11.6. The number of aryl methyl sites for hydroxylation is 1. The summed E-state index contributed by atoms with van der Waals surface area (Å²) < 4.78 is 18.8. The van der Waals surface area contributed by atoms with Gasteiger partial charge in [-0.05, 0) is 92.0 Å². The molecular formula is C27H28FN3O2. The molecule has 1 unspecified atom stereocenters. The number of nitrogens with zero attached hydrogens (tertiary/aromatic N) is 2. The number of carbonyl (C=O) groups excluding carboxylic acids is 1. The first kappa shape index (κ1) is 21.6. The van der Waals surface area contributed by atoms with E-state index in [0.29, 0.717) is 17.4 Å². The number of hydrogen-bond donors (Lipinski definition) is 1. The second kappa shape index (κ2) is 8.58. The quantitative estimate of drug-likeness (QED) is 0.368. The van der Waals surface area contributed by atoms with E-state index in [1.807, 2.05) is 25.3 Å². The van der Waals surface area contributed by atoms with Crippen LogP contribution in [-0.2, 0) is 4.74 Å². The van der Waals surface area contributed by atoms with Gasteiger partial charge in [-0.1, -0.05) is 6.92 Å². The lowest BCUT2D eigenvalue weighted by molar-refractivity contribution is 0.0601. The van der Waals surface area contributed by atoms with E-state index in [4.69, 9.17) is 9.72 Å². The summed E-state index contributed by atoms with van der Waals surface area (Å²) in [7, 11) is 1.39. The predicted octanol–water partition coefficient (Wildman–Crippen LogP) is 6.42. The van der Waals surface area contributed by atoms with Crippen molar-refractivity contribution in [1.82, 2.24) is 15.0 Å². The molecule has 0 aliphatic heterocycles. The molecule has 0 amide bonds. The van der Waals surface area contributed by atoms with Crippen molar-refractivity contribution >= 4 is 27.9 Å². The largest absolute Gasteiger partial charge is 0.465 e. The van der Waals surface area contributed by atoms with E-state index in [1.54, 1.807) is 12.1 Å². The Morgan fingerprint density at radius 1 is 1.15 bits per heavy atom. The number of rotatable bonds is 4. The van der Waals surface area contributed by atoms with Crippen molar-refractivity contribution in [3.05, 3.63) is 70.9 Å². The van der Waals surface area contributed by atoms with Gasteiger partial charge < -0.3 is 9.72 Å². The van der Waals surface area contributed by atoms with E-state index in [9.17, 15) is 9.18 Å². The average Bonchev–Trinajstić information content (AvgIpc) is 3.28. The van der Waals surface area contributed by atoms with Crippen molar-refractivity contribution in [3.8, 4) is 0 Å². The summed E-state index contributed by atoms with van der Waals surface area (Å²) in [5.74, 6) is 1.63. The number of benzene rings is 2. The molecule has 1 saturated carbocycles. The zero-order valence-corrected chi connectivity index (χ0v) is 19.2. The lowest BCUT2D eigenvalue weighted by atomic mass is 9.73. The minimum atomic E-state index is -0.342. The Kier molecular flexibility index (Phi) is 5.60. The molecule has 1 atom stereocenters. The molecule has 5 nitrogen and oxygen atoms in total. The highest BCUT2D eigenvalue weighted by atomic mass is 19.1. The Hall–Kier alpha value is -3.28. The molecule has 6 heteroatoms. The van der Waals surface area contributed by atoms with Gasteiger partial charge in [-0.25, -0.2) is 14.2 Å². The van der Waals surface area contributed by atoms with Gasteiger partial charge in [0.2, 0.25) is 0 Å². The molecule has 33 heavy (non-hydrogen) atoms. The molecular weight excluding hydrogens is 417 g/mol. The van der Waals surface area contributed by atoms with E-state index in [0.717, 1.165) is 59.0 Å². The fraction of sp³-hybridized carbons (Fsp3) is 0.370. The average molecular weight is 446 g/mol.